The van der Waals surface area contributed by atoms with E-state index in [1.807, 2.05) is 12.1 Å². The van der Waals surface area contributed by atoms with Gasteiger partial charge in [-0.3, -0.25) is 4.79 Å². The van der Waals surface area contributed by atoms with Gasteiger partial charge in [-0.25, -0.2) is 0 Å². The number of carbonyl (C=O) groups is 1. The Morgan fingerprint density at radius 3 is 2.47 bits per heavy atom. The van der Waals surface area contributed by atoms with Crippen LogP contribution < -0.4 is 0 Å². The van der Waals surface area contributed by atoms with Gasteiger partial charge in [0.1, 0.15) is 0 Å². The van der Waals surface area contributed by atoms with E-state index in [0.29, 0.717) is 0 Å². The quantitative estimate of drug-likeness (QED) is 0.778. The van der Waals surface area contributed by atoms with Gasteiger partial charge in [-0.15, -0.1) is 11.3 Å². The zero-order valence-corrected chi connectivity index (χ0v) is 11.6. The summed E-state index contributed by atoms with van der Waals surface area (Å²) in [7, 11) is 0. The van der Waals surface area contributed by atoms with Crippen molar-refractivity contribution in [3.05, 3.63) is 26.9 Å². The molecule has 17 heavy (non-hydrogen) atoms. The molecular weight excluding hydrogens is 306 g/mol. The van der Waals surface area contributed by atoms with Gasteiger partial charge in [0.15, 0.2) is 0 Å². The Labute approximate surface area is 112 Å². The van der Waals surface area contributed by atoms with E-state index in [4.69, 9.17) is 10.2 Å². The summed E-state index contributed by atoms with van der Waals surface area (Å²) in [4.78, 5) is 14.1. The molecule has 2 N–H and O–H groups in total. The molecule has 0 bridgehead atoms. The molecule has 0 aliphatic carbocycles. The molecule has 0 saturated heterocycles. The molecule has 0 fully saturated rings. The molecule has 0 unspecified atom stereocenters. The van der Waals surface area contributed by atoms with Crippen LogP contribution in [0.2, 0.25) is 0 Å². The van der Waals surface area contributed by atoms with Crippen LogP contribution >= 0.6 is 27.3 Å². The average Bonchev–Trinajstić information content (AvgIpc) is 2.72. The molecule has 4 nitrogen and oxygen atoms in total. The Morgan fingerprint density at radius 1 is 1.35 bits per heavy atom. The fraction of sp³-hybridized carbons (Fsp3) is 0.364. The number of halogens is 1. The fourth-order valence-electron chi connectivity index (χ4n) is 1.25. The van der Waals surface area contributed by atoms with Crippen LogP contribution in [0.5, 0.6) is 0 Å². The first-order valence-electron chi connectivity index (χ1n) is 5.11. The number of nitrogens with zero attached hydrogens (tertiary/aromatic N) is 1. The van der Waals surface area contributed by atoms with E-state index in [1.165, 1.54) is 22.3 Å². The first kappa shape index (κ1) is 14.4. The number of thiophene rings is 1. The number of rotatable bonds is 6. The zero-order chi connectivity index (χ0) is 12.7. The molecule has 94 valence electrons. The topological polar surface area (TPSA) is 60.8 Å². The van der Waals surface area contributed by atoms with Gasteiger partial charge in [-0.05, 0) is 34.1 Å². The molecule has 0 aliphatic heterocycles. The van der Waals surface area contributed by atoms with Crippen LogP contribution in [0.1, 0.15) is 4.88 Å². The van der Waals surface area contributed by atoms with Crippen molar-refractivity contribution in [1.82, 2.24) is 4.90 Å². The lowest BCUT2D eigenvalue weighted by molar-refractivity contribution is -0.126. The molecule has 1 amide bonds. The lowest BCUT2D eigenvalue weighted by Gasteiger charge is -2.18. The van der Waals surface area contributed by atoms with Crippen LogP contribution in [0.4, 0.5) is 0 Å². The van der Waals surface area contributed by atoms with E-state index in [1.54, 1.807) is 6.08 Å². The Bertz CT molecular complexity index is 386. The van der Waals surface area contributed by atoms with Crippen molar-refractivity contribution in [2.75, 3.05) is 26.3 Å². The number of carbonyl (C=O) groups excluding carboxylic acids is 1. The molecule has 0 atom stereocenters. The molecule has 1 aromatic heterocycles. The maximum Gasteiger partial charge on any atom is 0.246 e. The van der Waals surface area contributed by atoms with Crippen molar-refractivity contribution in [3.63, 3.8) is 0 Å². The van der Waals surface area contributed by atoms with Gasteiger partial charge in [-0.2, -0.15) is 0 Å². The van der Waals surface area contributed by atoms with Gasteiger partial charge in [-0.1, -0.05) is 0 Å². The predicted molar refractivity (Wildman–Crippen MR) is 71.8 cm³/mol. The lowest BCUT2D eigenvalue weighted by atomic mass is 10.3. The predicted octanol–water partition coefficient (Wildman–Crippen LogP) is 1.34. The molecule has 0 spiro atoms. The van der Waals surface area contributed by atoms with Crippen molar-refractivity contribution in [2.45, 2.75) is 0 Å². The second-order valence-corrected chi connectivity index (χ2v) is 5.74. The normalized spacial score (nSPS) is 11.0. The first-order valence-corrected chi connectivity index (χ1v) is 6.72. The van der Waals surface area contributed by atoms with Crippen LogP contribution in [-0.2, 0) is 4.79 Å². The Hall–Kier alpha value is -0.690. The highest BCUT2D eigenvalue weighted by Crippen LogP contribution is 2.22. The SMILES string of the molecule is O=C(/C=C/c1ccc(Br)s1)N(CCO)CCO. The summed E-state index contributed by atoms with van der Waals surface area (Å²) in [5.74, 6) is -0.211. The van der Waals surface area contributed by atoms with E-state index in [0.717, 1.165) is 8.66 Å². The van der Waals surface area contributed by atoms with Crippen molar-refractivity contribution in [2.24, 2.45) is 0 Å². The van der Waals surface area contributed by atoms with Crippen molar-refractivity contribution in [1.29, 1.82) is 0 Å². The summed E-state index contributed by atoms with van der Waals surface area (Å²) in [6, 6.07) is 3.81. The largest absolute Gasteiger partial charge is 0.395 e. The van der Waals surface area contributed by atoms with Crippen molar-refractivity contribution >= 4 is 39.2 Å². The highest BCUT2D eigenvalue weighted by Gasteiger charge is 2.08. The van der Waals surface area contributed by atoms with Crippen molar-refractivity contribution < 1.29 is 15.0 Å². The Balaban J connectivity index is 2.59. The molecule has 1 aromatic rings. The van der Waals surface area contributed by atoms with Gasteiger partial charge in [0.05, 0.1) is 17.0 Å². The number of amides is 1. The minimum absolute atomic E-state index is 0.107. The summed E-state index contributed by atoms with van der Waals surface area (Å²) >= 11 is 4.87. The highest BCUT2D eigenvalue weighted by atomic mass is 79.9. The molecule has 1 rings (SSSR count). The van der Waals surface area contributed by atoms with Crippen LogP contribution in [0.25, 0.3) is 6.08 Å². The summed E-state index contributed by atoms with van der Waals surface area (Å²) in [5, 5.41) is 17.6. The molecule has 0 aliphatic rings. The molecular formula is C11H14BrNO3S. The monoisotopic (exact) mass is 319 g/mol. The molecule has 0 aromatic carbocycles. The van der Waals surface area contributed by atoms with E-state index in [2.05, 4.69) is 15.9 Å². The fourth-order valence-corrected chi connectivity index (χ4v) is 2.58. The molecule has 6 heteroatoms. The summed E-state index contributed by atoms with van der Waals surface area (Å²) < 4.78 is 1.01. The third-order valence-electron chi connectivity index (χ3n) is 2.04. The second-order valence-electron chi connectivity index (χ2n) is 3.25. The third-order valence-corrected chi connectivity index (χ3v) is 3.62. The number of aliphatic hydroxyl groups is 2. The second kappa shape index (κ2) is 7.60. The summed E-state index contributed by atoms with van der Waals surface area (Å²) in [5.41, 5.74) is 0. The van der Waals surface area contributed by atoms with E-state index >= 15 is 0 Å². The maximum absolute atomic E-state index is 11.7. The highest BCUT2D eigenvalue weighted by molar-refractivity contribution is 9.11. The lowest BCUT2D eigenvalue weighted by Crippen LogP contribution is -2.34. The molecule has 0 saturated carbocycles. The smallest absolute Gasteiger partial charge is 0.246 e. The van der Waals surface area contributed by atoms with Gasteiger partial charge < -0.3 is 15.1 Å². The van der Waals surface area contributed by atoms with Gasteiger partial charge in [0, 0.05) is 24.0 Å². The van der Waals surface area contributed by atoms with Gasteiger partial charge in [0.2, 0.25) is 5.91 Å². The molecule has 0 radical (unpaired) electrons. The standard InChI is InChI=1S/C11H14BrNO3S/c12-10-3-1-9(17-10)2-4-11(16)13(5-7-14)6-8-15/h1-4,14-15H,5-8H2/b4-2+. The Morgan fingerprint density at radius 2 is 2.00 bits per heavy atom. The minimum Gasteiger partial charge on any atom is -0.395 e. The van der Waals surface area contributed by atoms with Crippen molar-refractivity contribution in [3.8, 4) is 0 Å². The number of aliphatic hydroxyl groups excluding tert-OH is 2. The summed E-state index contributed by atoms with van der Waals surface area (Å²) in [6.07, 6.45) is 3.17. The van der Waals surface area contributed by atoms with Crippen LogP contribution in [0, 0.1) is 0 Å². The minimum atomic E-state index is -0.211. The van der Waals surface area contributed by atoms with Crippen LogP contribution in [0.15, 0.2) is 22.0 Å². The zero-order valence-electron chi connectivity index (χ0n) is 9.17. The van der Waals surface area contributed by atoms with Crippen LogP contribution in [0.3, 0.4) is 0 Å². The van der Waals surface area contributed by atoms with E-state index < -0.39 is 0 Å². The Kier molecular flexibility index (Phi) is 6.43. The van der Waals surface area contributed by atoms with E-state index in [9.17, 15) is 4.79 Å². The average molecular weight is 320 g/mol. The van der Waals surface area contributed by atoms with Gasteiger partial charge >= 0.3 is 0 Å². The first-order chi connectivity index (χ1) is 8.17. The third kappa shape index (κ3) is 4.99. The summed E-state index contributed by atoms with van der Waals surface area (Å²) in [6.45, 7) is 0.254. The van der Waals surface area contributed by atoms with E-state index in [-0.39, 0.29) is 32.2 Å². The number of hydrogen-bond donors (Lipinski definition) is 2. The number of hydrogen-bond acceptors (Lipinski definition) is 4. The van der Waals surface area contributed by atoms with Crippen LogP contribution in [-0.4, -0.2) is 47.3 Å². The maximum atomic E-state index is 11.7. The van der Waals surface area contributed by atoms with Gasteiger partial charge in [0.25, 0.3) is 0 Å². The molecule has 1 heterocycles.